The first kappa shape index (κ1) is 20.0. The van der Waals surface area contributed by atoms with Crippen LogP contribution in [-0.2, 0) is 0 Å². The number of nitrogens with zero attached hydrogens (tertiary/aromatic N) is 1. The minimum absolute atomic E-state index is 0.294. The highest BCUT2D eigenvalue weighted by molar-refractivity contribution is 5.78. The molecule has 0 bridgehead atoms. The van der Waals surface area contributed by atoms with E-state index in [-0.39, 0.29) is 0 Å². The topological polar surface area (TPSA) is 21.7 Å². The van der Waals surface area contributed by atoms with Crippen molar-refractivity contribution < 1.29 is 9.47 Å². The van der Waals surface area contributed by atoms with E-state index in [0.29, 0.717) is 6.79 Å². The lowest BCUT2D eigenvalue weighted by atomic mass is 10.1. The fourth-order valence-corrected chi connectivity index (χ4v) is 3.78. The normalized spacial score (nSPS) is 12.3. The summed E-state index contributed by atoms with van der Waals surface area (Å²) in [4.78, 5) is 2.28. The van der Waals surface area contributed by atoms with Crippen LogP contribution in [-0.4, -0.2) is 6.79 Å². The molecule has 0 spiro atoms. The molecule has 0 amide bonds. The quantitative estimate of drug-likeness (QED) is 0.310. The predicted octanol–water partition coefficient (Wildman–Crippen LogP) is 7.67. The maximum Gasteiger partial charge on any atom is 0.231 e. The summed E-state index contributed by atoms with van der Waals surface area (Å²) >= 11 is 0. The lowest BCUT2D eigenvalue weighted by Gasteiger charge is -2.25. The number of anilines is 3. The van der Waals surface area contributed by atoms with Gasteiger partial charge in [0, 0.05) is 17.1 Å². The number of fused-ring (bicyclic) bond motifs is 1. The zero-order valence-corrected chi connectivity index (χ0v) is 18.3. The molecule has 0 N–H and O–H groups in total. The summed E-state index contributed by atoms with van der Waals surface area (Å²) in [5, 5.41) is 0. The Labute approximate surface area is 189 Å². The molecule has 32 heavy (non-hydrogen) atoms. The highest BCUT2D eigenvalue weighted by atomic mass is 16.7. The van der Waals surface area contributed by atoms with Crippen LogP contribution in [0.2, 0.25) is 0 Å². The lowest BCUT2D eigenvalue weighted by Crippen LogP contribution is -2.09. The van der Waals surface area contributed by atoms with Crippen LogP contribution in [0.4, 0.5) is 17.1 Å². The summed E-state index contributed by atoms with van der Waals surface area (Å²) in [6.07, 6.45) is 4.21. The minimum atomic E-state index is 0.294. The molecule has 4 aromatic carbocycles. The number of hydrogen-bond acceptors (Lipinski definition) is 3. The van der Waals surface area contributed by atoms with Crippen molar-refractivity contribution in [2.24, 2.45) is 0 Å². The third-order valence-electron chi connectivity index (χ3n) is 5.60. The Bertz CT molecular complexity index is 1190. The maximum absolute atomic E-state index is 5.47. The fraction of sp³-hybridized carbons (Fsp3) is 0.103. The van der Waals surface area contributed by atoms with Crippen molar-refractivity contribution in [1.29, 1.82) is 0 Å². The fourth-order valence-electron chi connectivity index (χ4n) is 3.78. The van der Waals surface area contributed by atoms with E-state index < -0.39 is 0 Å². The van der Waals surface area contributed by atoms with Crippen LogP contribution in [0.15, 0.2) is 91.0 Å². The van der Waals surface area contributed by atoms with E-state index in [0.717, 1.165) is 39.7 Å². The first-order valence-corrected chi connectivity index (χ1v) is 10.8. The molecule has 0 fully saturated rings. The van der Waals surface area contributed by atoms with Gasteiger partial charge in [0.1, 0.15) is 0 Å². The molecule has 1 aliphatic heterocycles. The molecular formula is C29H25NO2. The lowest BCUT2D eigenvalue weighted by molar-refractivity contribution is 0.174. The third kappa shape index (κ3) is 4.23. The van der Waals surface area contributed by atoms with E-state index >= 15 is 0 Å². The van der Waals surface area contributed by atoms with E-state index in [1.54, 1.807) is 0 Å². The van der Waals surface area contributed by atoms with Gasteiger partial charge in [0.25, 0.3) is 0 Å². The third-order valence-corrected chi connectivity index (χ3v) is 5.60. The number of benzene rings is 4. The van der Waals surface area contributed by atoms with E-state index in [2.05, 4.69) is 104 Å². The van der Waals surface area contributed by atoms with Crippen molar-refractivity contribution >= 4 is 29.2 Å². The van der Waals surface area contributed by atoms with Crippen LogP contribution in [0.3, 0.4) is 0 Å². The Kier molecular flexibility index (Phi) is 5.39. The Morgan fingerprint density at radius 2 is 1.03 bits per heavy atom. The average Bonchev–Trinajstić information content (AvgIpc) is 3.29. The second-order valence-electron chi connectivity index (χ2n) is 8.04. The van der Waals surface area contributed by atoms with Crippen molar-refractivity contribution in [3.05, 3.63) is 113 Å². The Morgan fingerprint density at radius 1 is 0.562 bits per heavy atom. The van der Waals surface area contributed by atoms with Crippen molar-refractivity contribution in [3.8, 4) is 11.5 Å². The van der Waals surface area contributed by atoms with E-state index in [1.807, 2.05) is 18.2 Å². The van der Waals surface area contributed by atoms with E-state index in [9.17, 15) is 0 Å². The molecule has 3 nitrogen and oxygen atoms in total. The smallest absolute Gasteiger partial charge is 0.231 e. The van der Waals surface area contributed by atoms with Gasteiger partial charge in [0.15, 0.2) is 11.5 Å². The van der Waals surface area contributed by atoms with Crippen LogP contribution < -0.4 is 14.4 Å². The van der Waals surface area contributed by atoms with Gasteiger partial charge in [0.05, 0.1) is 0 Å². The summed E-state index contributed by atoms with van der Waals surface area (Å²) in [6, 6.07) is 31.9. The van der Waals surface area contributed by atoms with Crippen molar-refractivity contribution in [2.45, 2.75) is 13.8 Å². The number of ether oxygens (including phenoxy) is 2. The highest BCUT2D eigenvalue weighted by Crippen LogP contribution is 2.35. The van der Waals surface area contributed by atoms with Crippen molar-refractivity contribution in [1.82, 2.24) is 0 Å². The van der Waals surface area contributed by atoms with Gasteiger partial charge in [-0.3, -0.25) is 0 Å². The molecule has 4 aromatic rings. The zero-order valence-electron chi connectivity index (χ0n) is 18.3. The largest absolute Gasteiger partial charge is 0.454 e. The molecule has 1 aliphatic rings. The SMILES string of the molecule is Cc1ccc(N(c2ccc(C)cc2)c2ccc(/C=C/c3ccc4c(c3)OCO4)cc2)cc1. The van der Waals surface area contributed by atoms with Crippen LogP contribution in [0.1, 0.15) is 22.3 Å². The first-order chi connectivity index (χ1) is 15.7. The van der Waals surface area contributed by atoms with Crippen molar-refractivity contribution in [2.75, 3.05) is 11.7 Å². The molecule has 158 valence electrons. The summed E-state index contributed by atoms with van der Waals surface area (Å²) in [6.45, 7) is 4.52. The number of rotatable bonds is 5. The Morgan fingerprint density at radius 3 is 1.62 bits per heavy atom. The summed E-state index contributed by atoms with van der Waals surface area (Å²) in [7, 11) is 0. The molecule has 0 radical (unpaired) electrons. The molecule has 0 aliphatic carbocycles. The zero-order chi connectivity index (χ0) is 21.9. The Balaban J connectivity index is 1.42. The maximum atomic E-state index is 5.47. The van der Waals surface area contributed by atoms with Crippen LogP contribution in [0, 0.1) is 13.8 Å². The van der Waals surface area contributed by atoms with Gasteiger partial charge in [0.2, 0.25) is 6.79 Å². The predicted molar refractivity (Wildman–Crippen MR) is 132 cm³/mol. The number of aryl methyl sites for hydroxylation is 2. The molecule has 5 rings (SSSR count). The van der Waals surface area contributed by atoms with Gasteiger partial charge in [-0.2, -0.15) is 0 Å². The second-order valence-corrected chi connectivity index (χ2v) is 8.04. The molecule has 0 unspecified atom stereocenters. The van der Waals surface area contributed by atoms with Gasteiger partial charge in [-0.1, -0.05) is 65.7 Å². The summed E-state index contributed by atoms with van der Waals surface area (Å²) in [5.41, 5.74) is 8.13. The minimum Gasteiger partial charge on any atom is -0.454 e. The van der Waals surface area contributed by atoms with E-state index in [4.69, 9.17) is 9.47 Å². The molecule has 0 atom stereocenters. The summed E-state index contributed by atoms with van der Waals surface area (Å²) < 4.78 is 10.9. The molecule has 3 heteroatoms. The molecular weight excluding hydrogens is 394 g/mol. The van der Waals surface area contributed by atoms with Gasteiger partial charge in [-0.05, 0) is 73.5 Å². The average molecular weight is 420 g/mol. The van der Waals surface area contributed by atoms with Gasteiger partial charge < -0.3 is 14.4 Å². The highest BCUT2D eigenvalue weighted by Gasteiger charge is 2.13. The first-order valence-electron chi connectivity index (χ1n) is 10.8. The molecule has 1 heterocycles. The standard InChI is InChI=1S/C29H25NO2/c1-21-3-12-25(13-4-21)30(26-14-5-22(2)6-15-26)27-16-9-23(10-17-27)7-8-24-11-18-28-29(19-24)32-20-31-28/h3-19H,20H2,1-2H3/b8-7+. The van der Waals surface area contributed by atoms with Gasteiger partial charge >= 0.3 is 0 Å². The van der Waals surface area contributed by atoms with E-state index in [1.165, 1.54) is 11.1 Å². The van der Waals surface area contributed by atoms with Crippen LogP contribution in [0.5, 0.6) is 11.5 Å². The Hall–Kier alpha value is -3.98. The van der Waals surface area contributed by atoms with Gasteiger partial charge in [-0.15, -0.1) is 0 Å². The van der Waals surface area contributed by atoms with Crippen molar-refractivity contribution in [3.63, 3.8) is 0 Å². The molecule has 0 saturated carbocycles. The number of hydrogen-bond donors (Lipinski definition) is 0. The van der Waals surface area contributed by atoms with Gasteiger partial charge in [-0.25, -0.2) is 0 Å². The monoisotopic (exact) mass is 419 g/mol. The molecule has 0 aromatic heterocycles. The second kappa shape index (κ2) is 8.64. The van der Waals surface area contributed by atoms with Crippen LogP contribution >= 0.6 is 0 Å². The van der Waals surface area contributed by atoms with Crippen LogP contribution in [0.25, 0.3) is 12.2 Å². The molecule has 0 saturated heterocycles. The summed E-state index contributed by atoms with van der Waals surface area (Å²) in [5.74, 6) is 1.60.